The molecule has 0 aliphatic heterocycles. The first kappa shape index (κ1) is 16.1. The Labute approximate surface area is 118 Å². The van der Waals surface area contributed by atoms with E-state index in [4.69, 9.17) is 10.5 Å². The third-order valence-corrected chi connectivity index (χ3v) is 2.81. The molecule has 20 heavy (non-hydrogen) atoms. The zero-order valence-corrected chi connectivity index (χ0v) is 11.8. The predicted molar refractivity (Wildman–Crippen MR) is 75.9 cm³/mol. The summed E-state index contributed by atoms with van der Waals surface area (Å²) < 4.78 is 4.83. The van der Waals surface area contributed by atoms with E-state index in [1.54, 1.807) is 26.3 Å². The van der Waals surface area contributed by atoms with Crippen molar-refractivity contribution in [1.82, 2.24) is 10.2 Å². The van der Waals surface area contributed by atoms with Crippen molar-refractivity contribution in [3.05, 3.63) is 35.9 Å². The average molecular weight is 279 g/mol. The van der Waals surface area contributed by atoms with Gasteiger partial charge in [0, 0.05) is 20.7 Å². The Bertz CT molecular complexity index is 437. The highest BCUT2D eigenvalue weighted by Gasteiger charge is 2.21. The number of amides is 2. The van der Waals surface area contributed by atoms with E-state index < -0.39 is 6.04 Å². The van der Waals surface area contributed by atoms with Gasteiger partial charge in [0.15, 0.2) is 0 Å². The summed E-state index contributed by atoms with van der Waals surface area (Å²) in [7, 11) is 3.11. The molecule has 3 N–H and O–H groups in total. The predicted octanol–water partition coefficient (Wildman–Crippen LogP) is -0.0926. The van der Waals surface area contributed by atoms with E-state index in [1.165, 1.54) is 4.90 Å². The number of methoxy groups -OCH3 is 1. The van der Waals surface area contributed by atoms with Crippen LogP contribution in [0.15, 0.2) is 30.3 Å². The van der Waals surface area contributed by atoms with Crippen LogP contribution >= 0.6 is 0 Å². The molecule has 6 heteroatoms. The number of carbonyl (C=O) groups is 2. The molecule has 0 fully saturated rings. The van der Waals surface area contributed by atoms with E-state index in [9.17, 15) is 9.59 Å². The van der Waals surface area contributed by atoms with Crippen molar-refractivity contribution in [1.29, 1.82) is 0 Å². The molecule has 6 nitrogen and oxygen atoms in total. The molecular weight excluding hydrogens is 258 g/mol. The topological polar surface area (TPSA) is 84.7 Å². The van der Waals surface area contributed by atoms with Crippen LogP contribution in [0, 0.1) is 0 Å². The van der Waals surface area contributed by atoms with Crippen LogP contribution in [0.25, 0.3) is 0 Å². The highest BCUT2D eigenvalue weighted by molar-refractivity contribution is 5.87. The van der Waals surface area contributed by atoms with E-state index in [-0.39, 0.29) is 18.4 Å². The standard InChI is InChI=1S/C14H21N3O3/c1-17(10-12(18)16-8-9-20-2)14(19)13(15)11-6-4-3-5-7-11/h3-7,13H,8-10,15H2,1-2H3,(H,16,18)/t13-/m0/s1. The lowest BCUT2D eigenvalue weighted by Crippen LogP contribution is -2.42. The lowest BCUT2D eigenvalue weighted by molar-refractivity contribution is -0.135. The van der Waals surface area contributed by atoms with E-state index in [1.807, 2.05) is 18.2 Å². The second-order valence-electron chi connectivity index (χ2n) is 4.43. The summed E-state index contributed by atoms with van der Waals surface area (Å²) in [5.74, 6) is -0.531. The Kier molecular flexibility index (Phi) is 6.69. The first-order valence-electron chi connectivity index (χ1n) is 6.37. The maximum Gasteiger partial charge on any atom is 0.244 e. The van der Waals surface area contributed by atoms with Crippen LogP contribution < -0.4 is 11.1 Å². The first-order chi connectivity index (χ1) is 9.56. The zero-order chi connectivity index (χ0) is 15.0. The minimum atomic E-state index is -0.757. The van der Waals surface area contributed by atoms with Crippen molar-refractivity contribution in [3.63, 3.8) is 0 Å². The van der Waals surface area contributed by atoms with Gasteiger partial charge < -0.3 is 20.7 Å². The second kappa shape index (κ2) is 8.29. The molecular formula is C14H21N3O3. The molecule has 1 aromatic rings. The van der Waals surface area contributed by atoms with Gasteiger partial charge in [-0.3, -0.25) is 9.59 Å². The fourth-order valence-corrected chi connectivity index (χ4v) is 1.68. The summed E-state index contributed by atoms with van der Waals surface area (Å²) >= 11 is 0. The van der Waals surface area contributed by atoms with Gasteiger partial charge in [0.05, 0.1) is 13.2 Å². The molecule has 0 unspecified atom stereocenters. The molecule has 0 aromatic heterocycles. The number of nitrogens with one attached hydrogen (secondary N) is 1. The minimum Gasteiger partial charge on any atom is -0.383 e. The summed E-state index contributed by atoms with van der Waals surface area (Å²) in [4.78, 5) is 25.0. The molecule has 110 valence electrons. The molecule has 0 aliphatic carbocycles. The Morgan fingerprint density at radius 3 is 2.60 bits per heavy atom. The number of nitrogens with two attached hydrogens (primary N) is 1. The summed E-state index contributed by atoms with van der Waals surface area (Å²) in [6, 6.07) is 8.31. The van der Waals surface area contributed by atoms with E-state index in [2.05, 4.69) is 5.32 Å². The van der Waals surface area contributed by atoms with E-state index >= 15 is 0 Å². The summed E-state index contributed by atoms with van der Waals surface area (Å²) in [6.07, 6.45) is 0. The molecule has 0 saturated carbocycles. The van der Waals surface area contributed by atoms with Gasteiger partial charge in [-0.25, -0.2) is 0 Å². The third kappa shape index (κ3) is 4.99. The van der Waals surface area contributed by atoms with Gasteiger partial charge in [-0.2, -0.15) is 0 Å². The van der Waals surface area contributed by atoms with Crippen LogP contribution in [0.2, 0.25) is 0 Å². The van der Waals surface area contributed by atoms with Gasteiger partial charge in [-0.15, -0.1) is 0 Å². The first-order valence-corrected chi connectivity index (χ1v) is 6.37. The van der Waals surface area contributed by atoms with Crippen LogP contribution in [0.3, 0.4) is 0 Å². The molecule has 0 aliphatic rings. The number of likely N-dealkylation sites (N-methyl/N-ethyl adjacent to an activating group) is 1. The van der Waals surface area contributed by atoms with Crippen molar-refractivity contribution in [3.8, 4) is 0 Å². The van der Waals surface area contributed by atoms with Crippen LogP contribution in [0.5, 0.6) is 0 Å². The van der Waals surface area contributed by atoms with Crippen LogP contribution in [-0.4, -0.2) is 50.6 Å². The molecule has 0 radical (unpaired) electrons. The van der Waals surface area contributed by atoms with Gasteiger partial charge in [0.25, 0.3) is 0 Å². The van der Waals surface area contributed by atoms with Crippen LogP contribution in [-0.2, 0) is 14.3 Å². The number of rotatable bonds is 7. The van der Waals surface area contributed by atoms with Crippen LogP contribution in [0.4, 0.5) is 0 Å². The summed E-state index contributed by atoms with van der Waals surface area (Å²) in [6.45, 7) is 0.831. The number of nitrogens with zero attached hydrogens (tertiary/aromatic N) is 1. The highest BCUT2D eigenvalue weighted by atomic mass is 16.5. The normalized spacial score (nSPS) is 11.8. The molecule has 0 spiro atoms. The smallest absolute Gasteiger partial charge is 0.244 e. The second-order valence-corrected chi connectivity index (χ2v) is 4.43. The quantitative estimate of drug-likeness (QED) is 0.683. The summed E-state index contributed by atoms with van der Waals surface area (Å²) in [5.41, 5.74) is 6.62. The Hall–Kier alpha value is -1.92. The average Bonchev–Trinajstić information content (AvgIpc) is 2.46. The third-order valence-electron chi connectivity index (χ3n) is 2.81. The largest absolute Gasteiger partial charge is 0.383 e. The van der Waals surface area contributed by atoms with Gasteiger partial charge in [0.1, 0.15) is 6.04 Å². The van der Waals surface area contributed by atoms with Crippen molar-refractivity contribution in [2.24, 2.45) is 5.73 Å². The van der Waals surface area contributed by atoms with E-state index in [0.717, 1.165) is 5.56 Å². The Balaban J connectivity index is 2.48. The van der Waals surface area contributed by atoms with Gasteiger partial charge in [-0.05, 0) is 5.56 Å². The number of benzene rings is 1. The van der Waals surface area contributed by atoms with Crippen molar-refractivity contribution >= 4 is 11.8 Å². The highest BCUT2D eigenvalue weighted by Crippen LogP contribution is 2.11. The number of hydrogen-bond donors (Lipinski definition) is 2. The monoisotopic (exact) mass is 279 g/mol. The molecule has 1 aromatic carbocycles. The molecule has 0 heterocycles. The molecule has 1 atom stereocenters. The zero-order valence-electron chi connectivity index (χ0n) is 11.8. The van der Waals surface area contributed by atoms with E-state index in [0.29, 0.717) is 13.2 Å². The molecule has 0 saturated heterocycles. The fourth-order valence-electron chi connectivity index (χ4n) is 1.68. The SMILES string of the molecule is COCCNC(=O)CN(C)C(=O)[C@@H](N)c1ccccc1. The number of hydrogen-bond acceptors (Lipinski definition) is 4. The van der Waals surface area contributed by atoms with Crippen molar-refractivity contribution in [2.75, 3.05) is 33.9 Å². The number of carbonyl (C=O) groups excluding carboxylic acids is 2. The lowest BCUT2D eigenvalue weighted by atomic mass is 10.1. The van der Waals surface area contributed by atoms with Gasteiger partial charge in [0.2, 0.25) is 11.8 Å². The lowest BCUT2D eigenvalue weighted by Gasteiger charge is -2.21. The fraction of sp³-hybridized carbons (Fsp3) is 0.429. The minimum absolute atomic E-state index is 0.0247. The maximum atomic E-state index is 12.1. The maximum absolute atomic E-state index is 12.1. The molecule has 0 bridgehead atoms. The summed E-state index contributed by atoms with van der Waals surface area (Å²) in [5, 5.41) is 2.65. The number of ether oxygens (including phenoxy) is 1. The molecule has 1 rings (SSSR count). The van der Waals surface area contributed by atoms with Crippen LogP contribution in [0.1, 0.15) is 11.6 Å². The molecule has 2 amide bonds. The Morgan fingerprint density at radius 1 is 1.35 bits per heavy atom. The van der Waals surface area contributed by atoms with Crippen molar-refractivity contribution in [2.45, 2.75) is 6.04 Å². The van der Waals surface area contributed by atoms with Crippen molar-refractivity contribution < 1.29 is 14.3 Å². The van der Waals surface area contributed by atoms with Gasteiger partial charge in [-0.1, -0.05) is 30.3 Å². The van der Waals surface area contributed by atoms with Gasteiger partial charge >= 0.3 is 0 Å². The Morgan fingerprint density at radius 2 is 2.00 bits per heavy atom.